The topological polar surface area (TPSA) is 6.48 Å². The van der Waals surface area contributed by atoms with Crippen LogP contribution < -0.4 is 4.90 Å². The fourth-order valence-electron chi connectivity index (χ4n) is 3.50. The first-order valence-electron chi connectivity index (χ1n) is 7.28. The number of piperidine rings is 1. The van der Waals surface area contributed by atoms with Crippen LogP contribution in [0.1, 0.15) is 33.1 Å². The molecule has 18 heavy (non-hydrogen) atoms. The quantitative estimate of drug-likeness (QED) is 0.807. The van der Waals surface area contributed by atoms with Gasteiger partial charge in [0.15, 0.2) is 0 Å². The molecule has 0 saturated carbocycles. The van der Waals surface area contributed by atoms with E-state index in [1.54, 1.807) is 0 Å². The Kier molecular flexibility index (Phi) is 3.62. The molecular formula is C15H24N2S. The first-order chi connectivity index (χ1) is 8.75. The van der Waals surface area contributed by atoms with E-state index < -0.39 is 0 Å². The SMILES string of the molecule is CC(C)C1CN2CCCCC2CN1c1ccsc1. The summed E-state index contributed by atoms with van der Waals surface area (Å²) in [5, 5.41) is 4.52. The highest BCUT2D eigenvalue weighted by atomic mass is 32.1. The highest BCUT2D eigenvalue weighted by Gasteiger charge is 2.36. The predicted molar refractivity (Wildman–Crippen MR) is 79.5 cm³/mol. The van der Waals surface area contributed by atoms with Gasteiger partial charge >= 0.3 is 0 Å². The monoisotopic (exact) mass is 264 g/mol. The maximum absolute atomic E-state index is 2.75. The molecule has 0 aromatic carbocycles. The molecule has 0 bridgehead atoms. The van der Waals surface area contributed by atoms with Gasteiger partial charge in [0.2, 0.25) is 0 Å². The normalized spacial score (nSPS) is 29.6. The summed E-state index contributed by atoms with van der Waals surface area (Å²) >= 11 is 1.82. The predicted octanol–water partition coefficient (Wildman–Crippen LogP) is 3.45. The van der Waals surface area contributed by atoms with Crippen LogP contribution in [0, 0.1) is 5.92 Å². The van der Waals surface area contributed by atoms with E-state index in [0.717, 1.165) is 12.0 Å². The summed E-state index contributed by atoms with van der Waals surface area (Å²) in [7, 11) is 0. The third-order valence-corrected chi connectivity index (χ3v) is 5.26. The number of fused-ring (bicyclic) bond motifs is 1. The van der Waals surface area contributed by atoms with Crippen molar-refractivity contribution in [3.05, 3.63) is 16.8 Å². The van der Waals surface area contributed by atoms with Crippen LogP contribution in [0.4, 0.5) is 5.69 Å². The van der Waals surface area contributed by atoms with Crippen molar-refractivity contribution in [2.75, 3.05) is 24.5 Å². The molecule has 2 nitrogen and oxygen atoms in total. The third-order valence-electron chi connectivity index (χ3n) is 4.59. The molecule has 2 saturated heterocycles. The number of piperazine rings is 1. The van der Waals surface area contributed by atoms with E-state index in [9.17, 15) is 0 Å². The Morgan fingerprint density at radius 1 is 1.28 bits per heavy atom. The Balaban J connectivity index is 1.82. The fraction of sp³-hybridized carbons (Fsp3) is 0.733. The standard InChI is InChI=1S/C15H24N2S/c1-12(2)15-10-16-7-4-3-5-13(16)9-17(15)14-6-8-18-11-14/h6,8,11-13,15H,3-5,7,9-10H2,1-2H3. The number of nitrogens with zero attached hydrogens (tertiary/aromatic N) is 2. The molecule has 2 fully saturated rings. The smallest absolute Gasteiger partial charge is 0.0478 e. The van der Waals surface area contributed by atoms with E-state index in [-0.39, 0.29) is 0 Å². The molecule has 3 heteroatoms. The molecule has 0 radical (unpaired) electrons. The van der Waals surface area contributed by atoms with Crippen molar-refractivity contribution in [3.8, 4) is 0 Å². The lowest BCUT2D eigenvalue weighted by atomic mass is 9.92. The van der Waals surface area contributed by atoms with Crippen molar-refractivity contribution < 1.29 is 0 Å². The van der Waals surface area contributed by atoms with Crippen LogP contribution in [0.15, 0.2) is 16.8 Å². The second-order valence-electron chi connectivity index (χ2n) is 6.09. The average molecular weight is 264 g/mol. The second kappa shape index (κ2) is 5.22. The zero-order chi connectivity index (χ0) is 12.5. The van der Waals surface area contributed by atoms with Crippen LogP contribution >= 0.6 is 11.3 Å². The largest absolute Gasteiger partial charge is 0.365 e. The van der Waals surface area contributed by atoms with Gasteiger partial charge in [-0.15, -0.1) is 0 Å². The minimum absolute atomic E-state index is 0.689. The summed E-state index contributed by atoms with van der Waals surface area (Å²) in [5.41, 5.74) is 1.45. The molecule has 2 unspecified atom stereocenters. The van der Waals surface area contributed by atoms with E-state index >= 15 is 0 Å². The minimum Gasteiger partial charge on any atom is -0.365 e. The van der Waals surface area contributed by atoms with Crippen molar-refractivity contribution in [1.29, 1.82) is 0 Å². The first kappa shape index (κ1) is 12.5. The maximum Gasteiger partial charge on any atom is 0.0478 e. The van der Waals surface area contributed by atoms with Crippen molar-refractivity contribution in [1.82, 2.24) is 4.90 Å². The molecule has 2 atom stereocenters. The lowest BCUT2D eigenvalue weighted by Crippen LogP contribution is -2.61. The lowest BCUT2D eigenvalue weighted by molar-refractivity contribution is 0.100. The highest BCUT2D eigenvalue weighted by Crippen LogP contribution is 2.31. The molecule has 0 N–H and O–H groups in total. The van der Waals surface area contributed by atoms with Crippen molar-refractivity contribution in [2.45, 2.75) is 45.2 Å². The maximum atomic E-state index is 2.75. The van der Waals surface area contributed by atoms with E-state index in [2.05, 4.69) is 40.5 Å². The van der Waals surface area contributed by atoms with Gasteiger partial charge in [-0.25, -0.2) is 0 Å². The Hall–Kier alpha value is -0.540. The highest BCUT2D eigenvalue weighted by molar-refractivity contribution is 7.08. The molecule has 1 aromatic rings. The molecule has 3 heterocycles. The van der Waals surface area contributed by atoms with Gasteiger partial charge in [-0.05, 0) is 36.8 Å². The van der Waals surface area contributed by atoms with Crippen LogP contribution in [0.25, 0.3) is 0 Å². The Labute approximate surface area is 115 Å². The summed E-state index contributed by atoms with van der Waals surface area (Å²) in [4.78, 5) is 5.42. The molecule has 1 aromatic heterocycles. The van der Waals surface area contributed by atoms with Gasteiger partial charge in [-0.2, -0.15) is 11.3 Å². The molecule has 2 aliphatic heterocycles. The zero-order valence-electron chi connectivity index (χ0n) is 11.5. The fourth-order valence-corrected chi connectivity index (χ4v) is 4.15. The molecule has 2 aliphatic rings. The summed E-state index contributed by atoms with van der Waals surface area (Å²) in [6.07, 6.45) is 4.22. The number of rotatable bonds is 2. The Bertz CT molecular complexity index is 374. The molecular weight excluding hydrogens is 240 g/mol. The molecule has 0 spiro atoms. The van der Waals surface area contributed by atoms with Gasteiger partial charge in [0, 0.05) is 36.2 Å². The van der Waals surface area contributed by atoms with Crippen LogP contribution in [-0.4, -0.2) is 36.6 Å². The minimum atomic E-state index is 0.689. The number of hydrogen-bond donors (Lipinski definition) is 0. The average Bonchev–Trinajstić information content (AvgIpc) is 2.91. The molecule has 0 aliphatic carbocycles. The second-order valence-corrected chi connectivity index (χ2v) is 6.87. The van der Waals surface area contributed by atoms with Gasteiger partial charge in [0.1, 0.15) is 0 Å². The lowest BCUT2D eigenvalue weighted by Gasteiger charge is -2.50. The van der Waals surface area contributed by atoms with E-state index in [0.29, 0.717) is 6.04 Å². The molecule has 100 valence electrons. The Morgan fingerprint density at radius 2 is 2.17 bits per heavy atom. The van der Waals surface area contributed by atoms with E-state index in [1.165, 1.54) is 44.6 Å². The summed E-state index contributed by atoms with van der Waals surface area (Å²) < 4.78 is 0. The van der Waals surface area contributed by atoms with Gasteiger partial charge in [0.05, 0.1) is 0 Å². The van der Waals surface area contributed by atoms with E-state index in [4.69, 9.17) is 0 Å². The number of thiophene rings is 1. The number of hydrogen-bond acceptors (Lipinski definition) is 3. The number of anilines is 1. The summed E-state index contributed by atoms with van der Waals surface area (Å²) in [6, 6.07) is 3.78. The van der Waals surface area contributed by atoms with Crippen molar-refractivity contribution in [3.63, 3.8) is 0 Å². The molecule has 0 amide bonds. The van der Waals surface area contributed by atoms with Crippen LogP contribution in [-0.2, 0) is 0 Å². The van der Waals surface area contributed by atoms with Crippen molar-refractivity contribution in [2.24, 2.45) is 5.92 Å². The van der Waals surface area contributed by atoms with Crippen molar-refractivity contribution >= 4 is 17.0 Å². The Morgan fingerprint density at radius 3 is 2.89 bits per heavy atom. The van der Waals surface area contributed by atoms with Gasteiger partial charge < -0.3 is 4.90 Å². The zero-order valence-corrected chi connectivity index (χ0v) is 12.3. The van der Waals surface area contributed by atoms with Gasteiger partial charge in [-0.3, -0.25) is 4.90 Å². The van der Waals surface area contributed by atoms with Gasteiger partial charge in [-0.1, -0.05) is 20.3 Å². The van der Waals surface area contributed by atoms with Crippen LogP contribution in [0.3, 0.4) is 0 Å². The van der Waals surface area contributed by atoms with Crippen LogP contribution in [0.5, 0.6) is 0 Å². The third kappa shape index (κ3) is 2.30. The first-order valence-corrected chi connectivity index (χ1v) is 8.23. The van der Waals surface area contributed by atoms with Crippen LogP contribution in [0.2, 0.25) is 0 Å². The summed E-state index contributed by atoms with van der Waals surface area (Å²) in [6.45, 7) is 8.56. The molecule has 3 rings (SSSR count). The van der Waals surface area contributed by atoms with Gasteiger partial charge in [0.25, 0.3) is 0 Å². The summed E-state index contributed by atoms with van der Waals surface area (Å²) in [5.74, 6) is 0.729. The van der Waals surface area contributed by atoms with E-state index in [1.807, 2.05) is 11.3 Å².